The van der Waals surface area contributed by atoms with Crippen LogP contribution in [-0.4, -0.2) is 23.2 Å². The molecule has 0 amide bonds. The van der Waals surface area contributed by atoms with E-state index in [1.165, 1.54) is 11.1 Å². The van der Waals surface area contributed by atoms with Crippen LogP contribution in [0.1, 0.15) is 24.5 Å². The standard InChI is InChI=1S/C14H18N2O2S/c1-8-4-5-11(6-9(8)2)15-14(19)16-12-7-10(3)18-13(12)17/h4-6,10,12H,7H2,1-3H3,(H2,15,16,19)/t10-,12-/m0/s1. The van der Waals surface area contributed by atoms with Crippen molar-refractivity contribution in [2.75, 3.05) is 5.32 Å². The number of rotatable bonds is 2. The predicted octanol–water partition coefficient (Wildman–Crippen LogP) is 2.29. The third kappa shape index (κ3) is 3.44. The van der Waals surface area contributed by atoms with Crippen molar-refractivity contribution in [1.82, 2.24) is 5.32 Å². The fourth-order valence-corrected chi connectivity index (χ4v) is 2.28. The van der Waals surface area contributed by atoms with Gasteiger partial charge in [-0.1, -0.05) is 6.07 Å². The van der Waals surface area contributed by atoms with Crippen molar-refractivity contribution in [1.29, 1.82) is 0 Å². The van der Waals surface area contributed by atoms with E-state index in [0.717, 1.165) is 5.69 Å². The maximum absolute atomic E-state index is 11.5. The van der Waals surface area contributed by atoms with Crippen LogP contribution in [0.15, 0.2) is 18.2 Å². The molecule has 1 aromatic rings. The van der Waals surface area contributed by atoms with Gasteiger partial charge in [0.15, 0.2) is 5.11 Å². The summed E-state index contributed by atoms with van der Waals surface area (Å²) in [5.41, 5.74) is 3.35. The first-order valence-corrected chi connectivity index (χ1v) is 6.72. The molecule has 0 aromatic heterocycles. The van der Waals surface area contributed by atoms with Crippen LogP contribution in [0.25, 0.3) is 0 Å². The molecule has 5 heteroatoms. The normalized spacial score (nSPS) is 21.9. The van der Waals surface area contributed by atoms with Gasteiger partial charge in [0.25, 0.3) is 0 Å². The summed E-state index contributed by atoms with van der Waals surface area (Å²) in [6, 6.07) is 5.68. The van der Waals surface area contributed by atoms with Crippen molar-refractivity contribution in [3.05, 3.63) is 29.3 Å². The van der Waals surface area contributed by atoms with Gasteiger partial charge in [0.2, 0.25) is 0 Å². The molecule has 0 aliphatic carbocycles. The van der Waals surface area contributed by atoms with Crippen LogP contribution in [0.2, 0.25) is 0 Å². The van der Waals surface area contributed by atoms with Crippen molar-refractivity contribution >= 4 is 29.0 Å². The average molecular weight is 278 g/mol. The molecule has 0 saturated carbocycles. The van der Waals surface area contributed by atoms with Gasteiger partial charge in [-0.25, -0.2) is 4.79 Å². The molecule has 2 N–H and O–H groups in total. The molecule has 0 unspecified atom stereocenters. The Morgan fingerprint density at radius 2 is 2.11 bits per heavy atom. The number of carbonyl (C=O) groups excluding carboxylic acids is 1. The minimum absolute atomic E-state index is 0.0468. The van der Waals surface area contributed by atoms with Crippen LogP contribution < -0.4 is 10.6 Å². The number of aryl methyl sites for hydroxylation is 2. The number of anilines is 1. The molecule has 19 heavy (non-hydrogen) atoms. The van der Waals surface area contributed by atoms with Crippen LogP contribution in [-0.2, 0) is 9.53 Å². The molecule has 4 nitrogen and oxygen atoms in total. The summed E-state index contributed by atoms with van der Waals surface area (Å²) in [4.78, 5) is 11.5. The molecule has 1 saturated heterocycles. The van der Waals surface area contributed by atoms with Gasteiger partial charge < -0.3 is 15.4 Å². The molecule has 102 valence electrons. The highest BCUT2D eigenvalue weighted by Gasteiger charge is 2.32. The predicted molar refractivity (Wildman–Crippen MR) is 79.2 cm³/mol. The van der Waals surface area contributed by atoms with Crippen LogP contribution in [0, 0.1) is 13.8 Å². The summed E-state index contributed by atoms with van der Waals surface area (Å²) in [6.45, 7) is 5.98. The Labute approximate surface area is 118 Å². The fraction of sp³-hybridized carbons (Fsp3) is 0.429. The summed E-state index contributed by atoms with van der Waals surface area (Å²) < 4.78 is 5.07. The SMILES string of the molecule is Cc1ccc(NC(=S)N[C@H]2C[C@H](C)OC2=O)cc1C. The van der Waals surface area contributed by atoms with Crippen molar-refractivity contribution in [2.24, 2.45) is 0 Å². The van der Waals surface area contributed by atoms with Crippen molar-refractivity contribution in [3.63, 3.8) is 0 Å². The smallest absolute Gasteiger partial charge is 0.329 e. The van der Waals surface area contributed by atoms with Gasteiger partial charge in [0.1, 0.15) is 12.1 Å². The lowest BCUT2D eigenvalue weighted by Crippen LogP contribution is -2.40. The second-order valence-electron chi connectivity index (χ2n) is 4.93. The molecule has 1 aliphatic heterocycles. The Hall–Kier alpha value is -1.62. The van der Waals surface area contributed by atoms with Crippen LogP contribution >= 0.6 is 12.2 Å². The number of cyclic esters (lactones) is 1. The number of nitrogens with one attached hydrogen (secondary N) is 2. The molecule has 2 rings (SSSR count). The Bertz CT molecular complexity index is 516. The number of esters is 1. The summed E-state index contributed by atoms with van der Waals surface area (Å²) in [5, 5.41) is 6.52. The third-order valence-corrected chi connectivity index (χ3v) is 3.46. The van der Waals surface area contributed by atoms with E-state index in [0.29, 0.717) is 11.5 Å². The molecular formula is C14H18N2O2S. The van der Waals surface area contributed by atoms with Crippen LogP contribution in [0.4, 0.5) is 5.69 Å². The summed E-state index contributed by atoms with van der Waals surface area (Å²) in [5.74, 6) is -0.239. The molecule has 1 aromatic carbocycles. The monoisotopic (exact) mass is 278 g/mol. The molecule has 1 fully saturated rings. The number of carbonyl (C=O) groups is 1. The molecule has 1 aliphatic rings. The van der Waals surface area contributed by atoms with E-state index in [1.807, 2.05) is 32.0 Å². The lowest BCUT2D eigenvalue weighted by Gasteiger charge is -2.14. The van der Waals surface area contributed by atoms with E-state index >= 15 is 0 Å². The van der Waals surface area contributed by atoms with E-state index in [-0.39, 0.29) is 18.1 Å². The summed E-state index contributed by atoms with van der Waals surface area (Å²) in [7, 11) is 0. The van der Waals surface area contributed by atoms with Gasteiger partial charge in [-0.2, -0.15) is 0 Å². The third-order valence-electron chi connectivity index (χ3n) is 3.24. The van der Waals surface area contributed by atoms with Gasteiger partial charge in [-0.15, -0.1) is 0 Å². The topological polar surface area (TPSA) is 50.4 Å². The van der Waals surface area contributed by atoms with E-state index < -0.39 is 0 Å². The Morgan fingerprint density at radius 3 is 2.68 bits per heavy atom. The quantitative estimate of drug-likeness (QED) is 0.642. The summed E-state index contributed by atoms with van der Waals surface area (Å²) >= 11 is 5.21. The molecular weight excluding hydrogens is 260 g/mol. The molecule has 0 bridgehead atoms. The van der Waals surface area contributed by atoms with Crippen molar-refractivity contribution in [2.45, 2.75) is 39.3 Å². The fourth-order valence-electron chi connectivity index (χ4n) is 2.02. The number of hydrogen-bond donors (Lipinski definition) is 2. The largest absolute Gasteiger partial charge is 0.461 e. The van der Waals surface area contributed by atoms with Gasteiger partial charge in [0, 0.05) is 12.1 Å². The maximum Gasteiger partial charge on any atom is 0.329 e. The first-order valence-electron chi connectivity index (χ1n) is 6.31. The zero-order valence-corrected chi connectivity index (χ0v) is 12.1. The molecule has 0 radical (unpaired) electrons. The first kappa shape index (κ1) is 13.8. The van der Waals surface area contributed by atoms with Crippen LogP contribution in [0.5, 0.6) is 0 Å². The lowest BCUT2D eigenvalue weighted by molar-refractivity contribution is -0.142. The lowest BCUT2D eigenvalue weighted by atomic mass is 10.1. The molecule has 2 atom stereocenters. The van der Waals surface area contributed by atoms with E-state index in [9.17, 15) is 4.79 Å². The first-order chi connectivity index (χ1) is 8.95. The van der Waals surface area contributed by atoms with Gasteiger partial charge in [0.05, 0.1) is 0 Å². The average Bonchev–Trinajstić information content (AvgIpc) is 2.62. The van der Waals surface area contributed by atoms with Crippen molar-refractivity contribution in [3.8, 4) is 0 Å². The van der Waals surface area contributed by atoms with Gasteiger partial charge in [-0.3, -0.25) is 0 Å². The van der Waals surface area contributed by atoms with Crippen LogP contribution in [0.3, 0.4) is 0 Å². The number of thiocarbonyl (C=S) groups is 1. The second-order valence-corrected chi connectivity index (χ2v) is 5.34. The Morgan fingerprint density at radius 1 is 1.37 bits per heavy atom. The number of hydrogen-bond acceptors (Lipinski definition) is 3. The van der Waals surface area contributed by atoms with Crippen molar-refractivity contribution < 1.29 is 9.53 Å². The molecule has 1 heterocycles. The number of ether oxygens (including phenoxy) is 1. The number of benzene rings is 1. The Kier molecular flexibility index (Phi) is 4.04. The highest BCUT2D eigenvalue weighted by Crippen LogP contribution is 2.16. The summed E-state index contributed by atoms with van der Waals surface area (Å²) in [6.07, 6.45) is 0.600. The van der Waals surface area contributed by atoms with E-state index in [2.05, 4.69) is 17.6 Å². The maximum atomic E-state index is 11.5. The van der Waals surface area contributed by atoms with E-state index in [1.54, 1.807) is 0 Å². The minimum Gasteiger partial charge on any atom is -0.461 e. The molecule has 0 spiro atoms. The highest BCUT2D eigenvalue weighted by atomic mass is 32.1. The van der Waals surface area contributed by atoms with Gasteiger partial charge >= 0.3 is 5.97 Å². The highest BCUT2D eigenvalue weighted by molar-refractivity contribution is 7.80. The zero-order valence-electron chi connectivity index (χ0n) is 11.3. The zero-order chi connectivity index (χ0) is 14.0. The Balaban J connectivity index is 1.94. The second kappa shape index (κ2) is 5.57. The van der Waals surface area contributed by atoms with E-state index in [4.69, 9.17) is 17.0 Å². The minimum atomic E-state index is -0.346. The van der Waals surface area contributed by atoms with Gasteiger partial charge in [-0.05, 0) is 56.2 Å².